The highest BCUT2D eigenvalue weighted by atomic mass is 32.2. The zero-order valence-electron chi connectivity index (χ0n) is 21.1. The Labute approximate surface area is 213 Å². The van der Waals surface area contributed by atoms with Crippen molar-refractivity contribution in [3.05, 3.63) is 66.0 Å². The summed E-state index contributed by atoms with van der Waals surface area (Å²) in [6.07, 6.45) is 5.08. The number of amides is 2. The summed E-state index contributed by atoms with van der Waals surface area (Å²) in [5.74, 6) is -1.33. The number of nitrogens with zero attached hydrogens (tertiary/aromatic N) is 3. The first-order valence-electron chi connectivity index (χ1n) is 12.2. The molecular weight excluding hydrogens is 483 g/mol. The first kappa shape index (κ1) is 27.6. The van der Waals surface area contributed by atoms with Crippen LogP contribution in [0.15, 0.2) is 54.6 Å². The second kappa shape index (κ2) is 12.3. The van der Waals surface area contributed by atoms with E-state index in [2.05, 4.69) is 5.32 Å². The Hall–Kier alpha value is -2.98. The number of halogens is 1. The van der Waals surface area contributed by atoms with Crippen LogP contribution in [-0.4, -0.2) is 62.2 Å². The van der Waals surface area contributed by atoms with Crippen LogP contribution in [0.3, 0.4) is 0 Å². The molecule has 2 amide bonds. The minimum absolute atomic E-state index is 0.0761. The molecule has 10 heteroatoms. The molecule has 1 aliphatic rings. The van der Waals surface area contributed by atoms with Gasteiger partial charge in [-0.2, -0.15) is 12.7 Å². The lowest BCUT2D eigenvalue weighted by Gasteiger charge is -2.33. The fourth-order valence-electron chi connectivity index (χ4n) is 4.26. The summed E-state index contributed by atoms with van der Waals surface area (Å²) < 4.78 is 41.7. The monoisotopic (exact) mass is 518 g/mol. The van der Waals surface area contributed by atoms with Gasteiger partial charge in [0.25, 0.3) is 0 Å². The first-order valence-corrected chi connectivity index (χ1v) is 13.6. The van der Waals surface area contributed by atoms with Crippen LogP contribution in [0, 0.1) is 5.82 Å². The van der Waals surface area contributed by atoms with Gasteiger partial charge in [0.1, 0.15) is 18.4 Å². The highest BCUT2D eigenvalue weighted by molar-refractivity contribution is 7.90. The minimum atomic E-state index is -4.08. The van der Waals surface area contributed by atoms with Gasteiger partial charge in [0, 0.05) is 26.7 Å². The standard InChI is InChI=1S/C26H35FN4O4S/c1-20(26(33)28-23-12-8-5-9-13-23)30(18-21-10-6-4-7-11-21)25(32)19-31(36(34,35)29(2)3)24-16-14-22(27)15-17-24/h4,6-7,10-11,14-17,20,23H,5,8-9,12-13,18-19H2,1-3H3,(H,28,33)/t20-/m1/s1. The van der Waals surface area contributed by atoms with E-state index in [-0.39, 0.29) is 24.2 Å². The topological polar surface area (TPSA) is 90.0 Å². The van der Waals surface area contributed by atoms with Crippen molar-refractivity contribution in [3.8, 4) is 0 Å². The largest absolute Gasteiger partial charge is 0.352 e. The lowest BCUT2D eigenvalue weighted by atomic mass is 9.95. The molecule has 0 bridgehead atoms. The summed E-state index contributed by atoms with van der Waals surface area (Å²) in [5.41, 5.74) is 0.962. The number of nitrogens with one attached hydrogen (secondary N) is 1. The minimum Gasteiger partial charge on any atom is -0.352 e. The van der Waals surface area contributed by atoms with Gasteiger partial charge in [-0.3, -0.25) is 9.59 Å². The van der Waals surface area contributed by atoms with E-state index in [9.17, 15) is 22.4 Å². The van der Waals surface area contributed by atoms with E-state index >= 15 is 0 Å². The van der Waals surface area contributed by atoms with Crippen LogP contribution < -0.4 is 9.62 Å². The van der Waals surface area contributed by atoms with Crippen LogP contribution in [0.5, 0.6) is 0 Å². The molecule has 1 saturated carbocycles. The predicted octanol–water partition coefficient (Wildman–Crippen LogP) is 3.30. The molecule has 3 rings (SSSR count). The number of hydrogen-bond acceptors (Lipinski definition) is 4. The van der Waals surface area contributed by atoms with E-state index in [0.29, 0.717) is 0 Å². The molecule has 1 N–H and O–H groups in total. The molecule has 1 aliphatic carbocycles. The van der Waals surface area contributed by atoms with Crippen LogP contribution in [0.1, 0.15) is 44.6 Å². The Bertz CT molecular complexity index is 1120. The third-order valence-electron chi connectivity index (χ3n) is 6.45. The Morgan fingerprint density at radius 3 is 2.19 bits per heavy atom. The maximum Gasteiger partial charge on any atom is 0.304 e. The Kier molecular flexibility index (Phi) is 9.44. The fraction of sp³-hybridized carbons (Fsp3) is 0.462. The highest BCUT2D eigenvalue weighted by Crippen LogP contribution is 2.22. The van der Waals surface area contributed by atoms with E-state index in [1.807, 2.05) is 30.3 Å². The average Bonchev–Trinajstić information content (AvgIpc) is 2.87. The maximum atomic E-state index is 13.7. The van der Waals surface area contributed by atoms with Gasteiger partial charge >= 0.3 is 10.2 Å². The van der Waals surface area contributed by atoms with E-state index in [1.165, 1.54) is 31.1 Å². The molecule has 0 radical (unpaired) electrons. The molecule has 36 heavy (non-hydrogen) atoms. The number of rotatable bonds is 10. The molecule has 2 aromatic rings. The van der Waals surface area contributed by atoms with Gasteiger partial charge in [-0.15, -0.1) is 0 Å². The number of anilines is 1. The molecule has 2 aromatic carbocycles. The van der Waals surface area contributed by atoms with Crippen molar-refractivity contribution in [1.82, 2.24) is 14.5 Å². The van der Waals surface area contributed by atoms with Crippen LogP contribution in [0.4, 0.5) is 10.1 Å². The van der Waals surface area contributed by atoms with Crippen LogP contribution >= 0.6 is 0 Å². The lowest BCUT2D eigenvalue weighted by Crippen LogP contribution is -2.53. The van der Waals surface area contributed by atoms with Crippen LogP contribution in [0.25, 0.3) is 0 Å². The van der Waals surface area contributed by atoms with Crippen molar-refractivity contribution in [2.24, 2.45) is 0 Å². The van der Waals surface area contributed by atoms with Crippen molar-refractivity contribution in [3.63, 3.8) is 0 Å². The van der Waals surface area contributed by atoms with Crippen LogP contribution in [-0.2, 0) is 26.3 Å². The summed E-state index contributed by atoms with van der Waals surface area (Å²) in [5, 5.41) is 3.06. The second-order valence-corrected chi connectivity index (χ2v) is 11.4. The fourth-order valence-corrected chi connectivity index (χ4v) is 5.31. The molecular formula is C26H35FN4O4S. The highest BCUT2D eigenvalue weighted by Gasteiger charge is 2.33. The predicted molar refractivity (Wildman–Crippen MR) is 138 cm³/mol. The number of carbonyl (C=O) groups excluding carboxylic acids is 2. The summed E-state index contributed by atoms with van der Waals surface area (Å²) in [4.78, 5) is 28.2. The molecule has 0 saturated heterocycles. The number of hydrogen-bond donors (Lipinski definition) is 1. The van der Waals surface area contributed by atoms with E-state index in [0.717, 1.165) is 58.4 Å². The molecule has 0 unspecified atom stereocenters. The third kappa shape index (κ3) is 7.04. The van der Waals surface area contributed by atoms with Crippen LogP contribution in [0.2, 0.25) is 0 Å². The van der Waals surface area contributed by atoms with Gasteiger partial charge in [-0.1, -0.05) is 49.6 Å². The maximum absolute atomic E-state index is 13.7. The van der Waals surface area contributed by atoms with Crippen molar-refractivity contribution in [1.29, 1.82) is 0 Å². The molecule has 0 spiro atoms. The average molecular weight is 519 g/mol. The van der Waals surface area contributed by atoms with E-state index in [4.69, 9.17) is 0 Å². The van der Waals surface area contributed by atoms with Crippen molar-refractivity contribution >= 4 is 27.7 Å². The van der Waals surface area contributed by atoms with Gasteiger partial charge in [-0.05, 0) is 49.6 Å². The lowest BCUT2D eigenvalue weighted by molar-refractivity contribution is -0.139. The second-order valence-electron chi connectivity index (χ2n) is 9.30. The van der Waals surface area contributed by atoms with Crippen molar-refractivity contribution in [2.75, 3.05) is 24.9 Å². The molecule has 1 fully saturated rings. The Balaban J connectivity index is 1.89. The van der Waals surface area contributed by atoms with Gasteiger partial charge in [0.2, 0.25) is 11.8 Å². The Morgan fingerprint density at radius 1 is 1.00 bits per heavy atom. The molecule has 0 aromatic heterocycles. The number of carbonyl (C=O) groups is 2. The SMILES string of the molecule is C[C@H](C(=O)NC1CCCCC1)N(Cc1ccccc1)C(=O)CN(c1ccc(F)cc1)S(=O)(=O)N(C)C. The zero-order chi connectivity index (χ0) is 26.3. The molecule has 196 valence electrons. The third-order valence-corrected chi connectivity index (χ3v) is 8.27. The quantitative estimate of drug-likeness (QED) is 0.523. The van der Waals surface area contributed by atoms with Gasteiger partial charge < -0.3 is 10.2 Å². The summed E-state index contributed by atoms with van der Waals surface area (Å²) in [7, 11) is -1.36. The molecule has 8 nitrogen and oxygen atoms in total. The van der Waals surface area contributed by atoms with E-state index < -0.39 is 34.5 Å². The number of benzene rings is 2. The van der Waals surface area contributed by atoms with E-state index in [1.54, 1.807) is 6.92 Å². The molecule has 1 atom stereocenters. The molecule has 0 aliphatic heterocycles. The normalized spacial score (nSPS) is 15.4. The smallest absolute Gasteiger partial charge is 0.304 e. The summed E-state index contributed by atoms with van der Waals surface area (Å²) in [6, 6.07) is 13.4. The molecule has 0 heterocycles. The summed E-state index contributed by atoms with van der Waals surface area (Å²) in [6.45, 7) is 1.25. The van der Waals surface area contributed by atoms with Gasteiger partial charge in [-0.25, -0.2) is 8.70 Å². The Morgan fingerprint density at radius 2 is 1.61 bits per heavy atom. The van der Waals surface area contributed by atoms with Crippen molar-refractivity contribution < 1.29 is 22.4 Å². The van der Waals surface area contributed by atoms with Gasteiger partial charge in [0.05, 0.1) is 5.69 Å². The van der Waals surface area contributed by atoms with Gasteiger partial charge in [0.15, 0.2) is 0 Å². The van der Waals surface area contributed by atoms with Crippen molar-refractivity contribution in [2.45, 2.75) is 57.7 Å². The first-order chi connectivity index (χ1) is 17.1. The summed E-state index contributed by atoms with van der Waals surface area (Å²) >= 11 is 0. The zero-order valence-corrected chi connectivity index (χ0v) is 21.9.